The Morgan fingerprint density at radius 1 is 0.967 bits per heavy atom. The summed E-state index contributed by atoms with van der Waals surface area (Å²) in [4.78, 5) is 22.3. The van der Waals surface area contributed by atoms with Gasteiger partial charge >= 0.3 is 0 Å². The first kappa shape index (κ1) is 19.3. The van der Waals surface area contributed by atoms with Gasteiger partial charge in [0.05, 0.1) is 22.8 Å². The van der Waals surface area contributed by atoms with Crippen molar-refractivity contribution in [3.05, 3.63) is 97.9 Å². The number of fused-ring (bicyclic) bond motifs is 2. The summed E-state index contributed by atoms with van der Waals surface area (Å²) in [5, 5.41) is 7.12. The molecule has 0 bridgehead atoms. The van der Waals surface area contributed by atoms with Crippen molar-refractivity contribution in [2.24, 2.45) is 4.99 Å². The van der Waals surface area contributed by atoms with Gasteiger partial charge in [0.2, 0.25) is 0 Å². The van der Waals surface area contributed by atoms with Crippen molar-refractivity contribution >= 4 is 51.7 Å². The van der Waals surface area contributed by atoms with Crippen LogP contribution in [0.3, 0.4) is 0 Å². The van der Waals surface area contributed by atoms with E-state index >= 15 is 0 Å². The molecule has 1 N–H and O–H groups in total. The second-order valence-electron chi connectivity index (χ2n) is 6.94. The van der Waals surface area contributed by atoms with Crippen LogP contribution >= 0.6 is 34.4 Å². The Bertz CT molecular complexity index is 1260. The minimum atomic E-state index is -0.0815. The maximum absolute atomic E-state index is 12.7. The average molecular weight is 447 g/mol. The Kier molecular flexibility index (Phi) is 5.29. The molecule has 0 saturated carbocycles. The van der Waals surface area contributed by atoms with E-state index in [-0.39, 0.29) is 5.91 Å². The number of aliphatic imine (C=N–C) groups is 1. The van der Waals surface area contributed by atoms with Gasteiger partial charge in [0.15, 0.2) is 0 Å². The molecule has 1 aliphatic rings. The van der Waals surface area contributed by atoms with Gasteiger partial charge in [-0.05, 0) is 59.6 Å². The molecule has 1 amide bonds. The smallest absolute Gasteiger partial charge is 0.251 e. The third-order valence-corrected chi connectivity index (χ3v) is 7.94. The number of benzene rings is 2. The van der Waals surface area contributed by atoms with Crippen molar-refractivity contribution in [2.75, 3.05) is 0 Å². The van der Waals surface area contributed by atoms with E-state index in [4.69, 9.17) is 4.99 Å². The Labute approximate surface area is 187 Å². The van der Waals surface area contributed by atoms with Crippen LogP contribution in [-0.4, -0.2) is 11.6 Å². The van der Waals surface area contributed by atoms with Crippen molar-refractivity contribution in [1.29, 1.82) is 0 Å². The molecule has 0 spiro atoms. The van der Waals surface area contributed by atoms with Gasteiger partial charge in [-0.15, -0.1) is 22.7 Å². The van der Waals surface area contributed by atoms with Crippen LogP contribution in [0.5, 0.6) is 0 Å². The van der Waals surface area contributed by atoms with Crippen molar-refractivity contribution in [3.8, 4) is 0 Å². The highest BCUT2D eigenvalue weighted by molar-refractivity contribution is 7.99. The van der Waals surface area contributed by atoms with Crippen LogP contribution in [-0.2, 0) is 6.54 Å². The van der Waals surface area contributed by atoms with Crippen LogP contribution in [0.4, 0.5) is 5.69 Å². The lowest BCUT2D eigenvalue weighted by Crippen LogP contribution is -2.22. The van der Waals surface area contributed by atoms with Gasteiger partial charge in [0.1, 0.15) is 0 Å². The van der Waals surface area contributed by atoms with Gasteiger partial charge in [-0.25, -0.2) is 4.99 Å². The Morgan fingerprint density at radius 3 is 2.67 bits per heavy atom. The maximum atomic E-state index is 12.7. The summed E-state index contributed by atoms with van der Waals surface area (Å²) in [5.74, 6) is -0.0815. The van der Waals surface area contributed by atoms with Crippen LogP contribution in [0.25, 0.3) is 0 Å². The van der Waals surface area contributed by atoms with Crippen LogP contribution in [0, 0.1) is 6.92 Å². The Balaban J connectivity index is 1.54. The lowest BCUT2D eigenvalue weighted by atomic mass is 10.1. The Hall–Kier alpha value is -2.67. The van der Waals surface area contributed by atoms with Crippen LogP contribution in [0.2, 0.25) is 0 Å². The highest BCUT2D eigenvalue weighted by Crippen LogP contribution is 2.42. The summed E-state index contributed by atoms with van der Waals surface area (Å²) >= 11 is 5.04. The molecule has 2 aromatic carbocycles. The SMILES string of the molecule is Cc1ccsc1C1=Nc2cc(C(=O)NCc3cccs3)ccc2Sc2ccccc21. The van der Waals surface area contributed by atoms with Gasteiger partial charge in [-0.2, -0.15) is 0 Å². The number of nitrogens with zero attached hydrogens (tertiary/aromatic N) is 1. The van der Waals surface area contributed by atoms with Gasteiger partial charge < -0.3 is 5.32 Å². The summed E-state index contributed by atoms with van der Waals surface area (Å²) < 4.78 is 0. The van der Waals surface area contributed by atoms with E-state index in [0.717, 1.165) is 26.7 Å². The number of hydrogen-bond acceptors (Lipinski definition) is 5. The van der Waals surface area contributed by atoms with Gasteiger partial charge in [0.25, 0.3) is 5.91 Å². The molecule has 0 unspecified atom stereocenters. The van der Waals surface area contributed by atoms with Crippen LogP contribution in [0.1, 0.15) is 31.2 Å². The Morgan fingerprint density at radius 2 is 1.87 bits per heavy atom. The lowest BCUT2D eigenvalue weighted by molar-refractivity contribution is 0.0951. The molecule has 148 valence electrons. The molecular weight excluding hydrogens is 428 g/mol. The first-order valence-corrected chi connectivity index (χ1v) is 12.1. The number of nitrogens with one attached hydrogen (secondary N) is 1. The fourth-order valence-electron chi connectivity index (χ4n) is 3.35. The molecule has 2 aromatic heterocycles. The number of aryl methyl sites for hydroxylation is 1. The molecule has 4 aromatic rings. The minimum Gasteiger partial charge on any atom is -0.347 e. The summed E-state index contributed by atoms with van der Waals surface area (Å²) in [6.07, 6.45) is 0. The third-order valence-electron chi connectivity index (χ3n) is 4.90. The lowest BCUT2D eigenvalue weighted by Gasteiger charge is -2.08. The quantitative estimate of drug-likeness (QED) is 0.334. The molecule has 0 aliphatic carbocycles. The van der Waals surface area contributed by atoms with Crippen molar-refractivity contribution in [3.63, 3.8) is 0 Å². The molecule has 1 aliphatic heterocycles. The van der Waals surface area contributed by atoms with Crippen LogP contribution in [0.15, 0.2) is 86.2 Å². The molecule has 0 saturated heterocycles. The summed E-state index contributed by atoms with van der Waals surface area (Å²) in [5.41, 5.74) is 4.78. The highest BCUT2D eigenvalue weighted by Gasteiger charge is 2.21. The molecule has 6 heteroatoms. The van der Waals surface area contributed by atoms with Gasteiger partial charge in [-0.1, -0.05) is 36.0 Å². The zero-order valence-electron chi connectivity index (χ0n) is 16.2. The largest absolute Gasteiger partial charge is 0.347 e. The van der Waals surface area contributed by atoms with Gasteiger partial charge in [-0.3, -0.25) is 4.79 Å². The number of hydrogen-bond donors (Lipinski definition) is 1. The normalized spacial score (nSPS) is 12.5. The minimum absolute atomic E-state index is 0.0815. The van der Waals surface area contributed by atoms with Crippen molar-refractivity contribution in [1.82, 2.24) is 5.32 Å². The van der Waals surface area contributed by atoms with E-state index in [1.54, 1.807) is 34.4 Å². The number of carbonyl (C=O) groups excluding carboxylic acids is 1. The predicted molar refractivity (Wildman–Crippen MR) is 127 cm³/mol. The third kappa shape index (κ3) is 3.74. The predicted octanol–water partition coefficient (Wildman–Crippen LogP) is 6.68. The second-order valence-corrected chi connectivity index (χ2v) is 9.97. The zero-order valence-corrected chi connectivity index (χ0v) is 18.7. The molecular formula is C24H18N2OS3. The number of carbonyl (C=O) groups is 1. The molecule has 5 rings (SSSR count). The van der Waals surface area contributed by atoms with E-state index in [1.165, 1.54) is 15.3 Å². The standard InChI is InChI=1S/C24H18N2OS3/c1-15-10-12-29-23(15)22-18-6-2-3-7-20(18)30-21-9-8-16(13-19(21)26-22)24(27)25-14-17-5-4-11-28-17/h2-13H,14H2,1H3,(H,25,27). The fraction of sp³-hybridized carbons (Fsp3) is 0.0833. The monoisotopic (exact) mass is 446 g/mol. The van der Waals surface area contributed by atoms with E-state index < -0.39 is 0 Å². The summed E-state index contributed by atoms with van der Waals surface area (Å²) in [6.45, 7) is 2.65. The maximum Gasteiger partial charge on any atom is 0.251 e. The van der Waals surface area contributed by atoms with Crippen LogP contribution < -0.4 is 5.32 Å². The highest BCUT2D eigenvalue weighted by atomic mass is 32.2. The van der Waals surface area contributed by atoms with E-state index in [0.29, 0.717) is 12.1 Å². The summed E-state index contributed by atoms with van der Waals surface area (Å²) in [7, 11) is 0. The molecule has 0 radical (unpaired) electrons. The second kappa shape index (κ2) is 8.22. The number of rotatable bonds is 4. The topological polar surface area (TPSA) is 41.5 Å². The average Bonchev–Trinajstić information content (AvgIpc) is 3.40. The first-order chi connectivity index (χ1) is 14.7. The van der Waals surface area contributed by atoms with Gasteiger partial charge in [0, 0.05) is 25.8 Å². The van der Waals surface area contributed by atoms with Crippen molar-refractivity contribution in [2.45, 2.75) is 23.3 Å². The zero-order chi connectivity index (χ0) is 20.5. The molecule has 3 heterocycles. The number of amides is 1. The van der Waals surface area contributed by atoms with Crippen molar-refractivity contribution < 1.29 is 4.79 Å². The summed E-state index contributed by atoms with van der Waals surface area (Å²) in [6, 6.07) is 20.3. The molecule has 3 nitrogen and oxygen atoms in total. The molecule has 0 atom stereocenters. The first-order valence-electron chi connectivity index (χ1n) is 9.54. The molecule has 0 fully saturated rings. The van der Waals surface area contributed by atoms with E-state index in [9.17, 15) is 4.79 Å². The molecule has 30 heavy (non-hydrogen) atoms. The number of thiophene rings is 2. The van der Waals surface area contributed by atoms with E-state index in [2.05, 4.69) is 48.0 Å². The fourth-order valence-corrected chi connectivity index (χ4v) is 5.93. The van der Waals surface area contributed by atoms with E-state index in [1.807, 2.05) is 35.7 Å².